The molecule has 0 aliphatic heterocycles. The van der Waals surface area contributed by atoms with E-state index in [0.717, 1.165) is 11.3 Å². The summed E-state index contributed by atoms with van der Waals surface area (Å²) in [6.45, 7) is 2.04. The predicted molar refractivity (Wildman–Crippen MR) is 79.3 cm³/mol. The second-order valence-corrected chi connectivity index (χ2v) is 5.05. The molecular formula is C14H13BrN2O2. The van der Waals surface area contributed by atoms with Crippen LogP contribution in [0.1, 0.15) is 18.5 Å². The Morgan fingerprint density at radius 3 is 2.47 bits per heavy atom. The van der Waals surface area contributed by atoms with E-state index in [0.29, 0.717) is 4.47 Å². The highest BCUT2D eigenvalue weighted by Gasteiger charge is 2.11. The molecule has 0 bridgehead atoms. The van der Waals surface area contributed by atoms with Crippen LogP contribution in [0.25, 0.3) is 0 Å². The molecule has 98 valence electrons. The minimum Gasteiger partial charge on any atom is -0.378 e. The van der Waals surface area contributed by atoms with Crippen LogP contribution >= 0.6 is 15.9 Å². The van der Waals surface area contributed by atoms with Crippen LogP contribution < -0.4 is 5.32 Å². The zero-order chi connectivity index (χ0) is 13.8. The van der Waals surface area contributed by atoms with Gasteiger partial charge in [0.25, 0.3) is 5.69 Å². The van der Waals surface area contributed by atoms with Gasteiger partial charge in [-0.25, -0.2) is 0 Å². The smallest absolute Gasteiger partial charge is 0.270 e. The average molecular weight is 321 g/mol. The second-order valence-electron chi connectivity index (χ2n) is 4.20. The van der Waals surface area contributed by atoms with E-state index in [1.165, 1.54) is 12.1 Å². The second kappa shape index (κ2) is 5.84. The third-order valence-electron chi connectivity index (χ3n) is 2.84. The number of hydrogen-bond acceptors (Lipinski definition) is 3. The maximum absolute atomic E-state index is 10.7. The molecule has 1 unspecified atom stereocenters. The van der Waals surface area contributed by atoms with Gasteiger partial charge < -0.3 is 5.32 Å². The Hall–Kier alpha value is -1.88. The monoisotopic (exact) mass is 320 g/mol. The van der Waals surface area contributed by atoms with E-state index in [9.17, 15) is 10.1 Å². The fourth-order valence-electron chi connectivity index (χ4n) is 1.79. The van der Waals surface area contributed by atoms with E-state index in [-0.39, 0.29) is 11.7 Å². The van der Waals surface area contributed by atoms with Gasteiger partial charge in [0.15, 0.2) is 0 Å². The van der Waals surface area contributed by atoms with Crippen molar-refractivity contribution in [1.29, 1.82) is 0 Å². The lowest BCUT2D eigenvalue weighted by molar-refractivity contribution is -0.384. The number of hydrogen-bond donors (Lipinski definition) is 1. The highest BCUT2D eigenvalue weighted by atomic mass is 79.9. The molecule has 0 radical (unpaired) electrons. The number of non-ortho nitro benzene ring substituents is 1. The van der Waals surface area contributed by atoms with E-state index >= 15 is 0 Å². The SMILES string of the molecule is CC(Nc1ccc([N+](=O)[O-])cc1Br)c1ccccc1. The van der Waals surface area contributed by atoms with Crippen molar-refractivity contribution in [1.82, 2.24) is 0 Å². The van der Waals surface area contributed by atoms with E-state index in [4.69, 9.17) is 0 Å². The average Bonchev–Trinajstić information content (AvgIpc) is 2.41. The van der Waals surface area contributed by atoms with Crippen LogP contribution in [0.3, 0.4) is 0 Å². The molecule has 0 spiro atoms. The third-order valence-corrected chi connectivity index (χ3v) is 3.49. The van der Waals surface area contributed by atoms with Gasteiger partial charge >= 0.3 is 0 Å². The molecule has 2 rings (SSSR count). The molecule has 2 aromatic carbocycles. The summed E-state index contributed by atoms with van der Waals surface area (Å²) in [5, 5.41) is 14.0. The molecule has 5 heteroatoms. The van der Waals surface area contributed by atoms with Gasteiger partial charge in [0, 0.05) is 28.3 Å². The highest BCUT2D eigenvalue weighted by Crippen LogP contribution is 2.29. The lowest BCUT2D eigenvalue weighted by Gasteiger charge is -2.16. The summed E-state index contributed by atoms with van der Waals surface area (Å²) in [5.74, 6) is 0. The summed E-state index contributed by atoms with van der Waals surface area (Å²) in [6.07, 6.45) is 0. The summed E-state index contributed by atoms with van der Waals surface area (Å²) >= 11 is 3.35. The van der Waals surface area contributed by atoms with Crippen LogP contribution in [0.2, 0.25) is 0 Å². The molecule has 0 saturated heterocycles. The first kappa shape index (κ1) is 13.5. The predicted octanol–water partition coefficient (Wildman–Crippen LogP) is 4.53. The van der Waals surface area contributed by atoms with Crippen molar-refractivity contribution in [3.05, 3.63) is 68.7 Å². The topological polar surface area (TPSA) is 55.2 Å². The number of rotatable bonds is 4. The van der Waals surface area contributed by atoms with Gasteiger partial charge in [0.2, 0.25) is 0 Å². The molecule has 0 heterocycles. The maximum atomic E-state index is 10.7. The van der Waals surface area contributed by atoms with Crippen LogP contribution in [0.15, 0.2) is 53.0 Å². The number of nitro groups is 1. The molecule has 0 amide bonds. The number of nitrogens with zero attached hydrogens (tertiary/aromatic N) is 1. The summed E-state index contributed by atoms with van der Waals surface area (Å²) in [5.41, 5.74) is 2.07. The Labute approximate surface area is 119 Å². The molecular weight excluding hydrogens is 308 g/mol. The largest absolute Gasteiger partial charge is 0.378 e. The zero-order valence-electron chi connectivity index (χ0n) is 10.3. The molecule has 0 aliphatic rings. The lowest BCUT2D eigenvalue weighted by atomic mass is 10.1. The third kappa shape index (κ3) is 3.32. The molecule has 19 heavy (non-hydrogen) atoms. The summed E-state index contributed by atoms with van der Waals surface area (Å²) < 4.78 is 0.685. The normalized spacial score (nSPS) is 11.9. The molecule has 0 aliphatic carbocycles. The first-order valence-electron chi connectivity index (χ1n) is 5.83. The van der Waals surface area contributed by atoms with Crippen molar-refractivity contribution >= 4 is 27.3 Å². The molecule has 4 nitrogen and oxygen atoms in total. The molecule has 2 aromatic rings. The van der Waals surface area contributed by atoms with Crippen molar-refractivity contribution < 1.29 is 4.92 Å². The summed E-state index contributed by atoms with van der Waals surface area (Å²) in [7, 11) is 0. The minimum atomic E-state index is -0.408. The van der Waals surface area contributed by atoms with Crippen LogP contribution in [-0.2, 0) is 0 Å². The van der Waals surface area contributed by atoms with Gasteiger partial charge in [-0.05, 0) is 34.5 Å². The number of benzene rings is 2. The Kier molecular flexibility index (Phi) is 4.16. The van der Waals surface area contributed by atoms with Crippen molar-refractivity contribution in [2.75, 3.05) is 5.32 Å². The van der Waals surface area contributed by atoms with Crippen molar-refractivity contribution in [2.24, 2.45) is 0 Å². The highest BCUT2D eigenvalue weighted by molar-refractivity contribution is 9.10. The molecule has 0 aromatic heterocycles. The fourth-order valence-corrected chi connectivity index (χ4v) is 2.27. The van der Waals surface area contributed by atoms with Gasteiger partial charge in [0.05, 0.1) is 4.92 Å². The number of anilines is 1. The molecule has 1 N–H and O–H groups in total. The van der Waals surface area contributed by atoms with Gasteiger partial charge in [-0.2, -0.15) is 0 Å². The van der Waals surface area contributed by atoms with Crippen molar-refractivity contribution in [2.45, 2.75) is 13.0 Å². The molecule has 0 fully saturated rings. The Bertz CT molecular complexity index is 587. The van der Waals surface area contributed by atoms with Crippen molar-refractivity contribution in [3.63, 3.8) is 0 Å². The first-order valence-corrected chi connectivity index (χ1v) is 6.62. The Balaban J connectivity index is 2.18. The standard InChI is InChI=1S/C14H13BrN2O2/c1-10(11-5-3-2-4-6-11)16-14-8-7-12(17(18)19)9-13(14)15/h2-10,16H,1H3. The van der Waals surface area contributed by atoms with Crippen LogP contribution in [0.4, 0.5) is 11.4 Å². The van der Waals surface area contributed by atoms with Crippen LogP contribution in [0.5, 0.6) is 0 Å². The zero-order valence-corrected chi connectivity index (χ0v) is 11.9. The van der Waals surface area contributed by atoms with E-state index in [1.54, 1.807) is 6.07 Å². The number of nitro benzene ring substituents is 1. The number of nitrogens with one attached hydrogen (secondary N) is 1. The quantitative estimate of drug-likeness (QED) is 0.665. The Morgan fingerprint density at radius 2 is 1.89 bits per heavy atom. The van der Waals surface area contributed by atoms with Gasteiger partial charge in [-0.1, -0.05) is 30.3 Å². The van der Waals surface area contributed by atoms with Crippen LogP contribution in [-0.4, -0.2) is 4.92 Å². The molecule has 1 atom stereocenters. The summed E-state index contributed by atoms with van der Waals surface area (Å²) in [6, 6.07) is 14.8. The van der Waals surface area contributed by atoms with Crippen molar-refractivity contribution in [3.8, 4) is 0 Å². The number of halogens is 1. The fraction of sp³-hybridized carbons (Fsp3) is 0.143. The van der Waals surface area contributed by atoms with Gasteiger partial charge in [-0.3, -0.25) is 10.1 Å². The Morgan fingerprint density at radius 1 is 1.21 bits per heavy atom. The minimum absolute atomic E-state index is 0.0739. The van der Waals surface area contributed by atoms with E-state index < -0.39 is 4.92 Å². The first-order chi connectivity index (χ1) is 9.08. The maximum Gasteiger partial charge on any atom is 0.270 e. The van der Waals surface area contributed by atoms with E-state index in [2.05, 4.69) is 21.2 Å². The van der Waals surface area contributed by atoms with E-state index in [1.807, 2.05) is 37.3 Å². The lowest BCUT2D eigenvalue weighted by Crippen LogP contribution is -2.06. The van der Waals surface area contributed by atoms with Gasteiger partial charge in [-0.15, -0.1) is 0 Å². The van der Waals surface area contributed by atoms with Gasteiger partial charge in [0.1, 0.15) is 0 Å². The van der Waals surface area contributed by atoms with Crippen LogP contribution in [0, 0.1) is 10.1 Å². The molecule has 0 saturated carbocycles. The summed E-state index contributed by atoms with van der Waals surface area (Å²) in [4.78, 5) is 10.3.